The zero-order chi connectivity index (χ0) is 16.0. The van der Waals surface area contributed by atoms with Crippen LogP contribution in [0.1, 0.15) is 20.3 Å². The Hall–Kier alpha value is -2.68. The maximum absolute atomic E-state index is 11.8. The first-order valence-corrected chi connectivity index (χ1v) is 6.06. The van der Waals surface area contributed by atoms with Crippen LogP contribution in [-0.4, -0.2) is 38.2 Å². The Bertz CT molecular complexity index is 560. The minimum Gasteiger partial charge on any atom is -0.411 e. The van der Waals surface area contributed by atoms with Crippen LogP contribution in [0.5, 0.6) is 0 Å². The zero-order valence-electron chi connectivity index (χ0n) is 11.6. The molecule has 21 heavy (non-hydrogen) atoms. The molecule has 0 fully saturated rings. The predicted octanol–water partition coefficient (Wildman–Crippen LogP) is 2.45. The lowest BCUT2D eigenvalue weighted by Gasteiger charge is -2.22. The summed E-state index contributed by atoms with van der Waals surface area (Å²) in [5.74, 6) is 0. The van der Waals surface area contributed by atoms with Crippen LogP contribution in [-0.2, 0) is 0 Å². The number of non-ortho nitro benzene ring substituents is 1. The van der Waals surface area contributed by atoms with Gasteiger partial charge in [-0.3, -0.25) is 15.3 Å². The molecule has 1 atom stereocenters. The Morgan fingerprint density at radius 3 is 2.81 bits per heavy atom. The normalized spacial score (nSPS) is 12.6. The fourth-order valence-electron chi connectivity index (χ4n) is 1.63. The quantitative estimate of drug-likeness (QED) is 0.253. The van der Waals surface area contributed by atoms with Crippen LogP contribution in [0, 0.1) is 10.1 Å². The number of benzene rings is 1. The number of amides is 2. The third-order valence-corrected chi connectivity index (χ3v) is 2.70. The van der Waals surface area contributed by atoms with Crippen molar-refractivity contribution >= 4 is 23.1 Å². The molecule has 0 radical (unpaired) electrons. The van der Waals surface area contributed by atoms with Gasteiger partial charge in [0, 0.05) is 24.2 Å². The summed E-state index contributed by atoms with van der Waals surface area (Å²) in [6, 6.07) is 3.88. The molecule has 114 valence electrons. The number of nitrogens with one attached hydrogen (secondary N) is 1. The first-order valence-electron chi connectivity index (χ1n) is 6.06. The van der Waals surface area contributed by atoms with E-state index in [0.29, 0.717) is 10.8 Å². The van der Waals surface area contributed by atoms with Crippen LogP contribution in [0.4, 0.5) is 16.2 Å². The summed E-state index contributed by atoms with van der Waals surface area (Å²) in [6.07, 6.45) is 0.176. The van der Waals surface area contributed by atoms with E-state index < -0.39 is 17.0 Å². The molecule has 1 aromatic rings. The van der Waals surface area contributed by atoms with Gasteiger partial charge < -0.3 is 10.5 Å². The van der Waals surface area contributed by atoms with Gasteiger partial charge in [-0.05, 0) is 19.9 Å². The van der Waals surface area contributed by atoms with Crippen LogP contribution in [0.3, 0.4) is 0 Å². The number of oxime groups is 1. The summed E-state index contributed by atoms with van der Waals surface area (Å²) in [4.78, 5) is 21.8. The van der Waals surface area contributed by atoms with Crippen LogP contribution in [0.15, 0.2) is 29.4 Å². The molecule has 0 saturated heterocycles. The molecule has 1 unspecified atom stereocenters. The summed E-state index contributed by atoms with van der Waals surface area (Å²) in [6.45, 7) is 3.10. The molecule has 0 saturated carbocycles. The first-order chi connectivity index (χ1) is 9.85. The van der Waals surface area contributed by atoms with Crippen molar-refractivity contribution in [2.75, 3.05) is 5.32 Å². The van der Waals surface area contributed by atoms with E-state index in [1.165, 1.54) is 24.3 Å². The van der Waals surface area contributed by atoms with Crippen molar-refractivity contribution < 1.29 is 20.1 Å². The number of rotatable bonds is 5. The van der Waals surface area contributed by atoms with Gasteiger partial charge in [-0.1, -0.05) is 11.2 Å². The summed E-state index contributed by atoms with van der Waals surface area (Å²) < 4.78 is 0. The SMILES string of the molecule is CC(CC(C)N(O)C(=O)Nc1cccc([N+](=O)[O-])c1)=NO. The fraction of sp³-hybridized carbons (Fsp3) is 0.333. The topological polar surface area (TPSA) is 128 Å². The van der Waals surface area contributed by atoms with E-state index in [4.69, 9.17) is 5.21 Å². The number of carbonyl (C=O) groups is 1. The number of hydroxylamine groups is 2. The Labute approximate surface area is 120 Å². The van der Waals surface area contributed by atoms with Crippen molar-refractivity contribution in [1.29, 1.82) is 0 Å². The van der Waals surface area contributed by atoms with Gasteiger partial charge in [0.15, 0.2) is 0 Å². The number of carbonyl (C=O) groups excluding carboxylic acids is 1. The third-order valence-electron chi connectivity index (χ3n) is 2.70. The van der Waals surface area contributed by atoms with Crippen LogP contribution < -0.4 is 5.32 Å². The minimum absolute atomic E-state index is 0.173. The smallest absolute Gasteiger partial charge is 0.345 e. The van der Waals surface area contributed by atoms with Gasteiger partial charge in [-0.15, -0.1) is 0 Å². The standard InChI is InChI=1S/C12H16N4O5/c1-8(14-18)6-9(2)15(19)12(17)13-10-4-3-5-11(7-10)16(20)21/h3-5,7,9,18-19H,6H2,1-2H3,(H,13,17). The number of anilines is 1. The highest BCUT2D eigenvalue weighted by molar-refractivity contribution is 5.89. The van der Waals surface area contributed by atoms with Gasteiger partial charge in [0.25, 0.3) is 5.69 Å². The molecule has 9 nitrogen and oxygen atoms in total. The van der Waals surface area contributed by atoms with E-state index >= 15 is 0 Å². The second-order valence-corrected chi connectivity index (χ2v) is 4.47. The van der Waals surface area contributed by atoms with Gasteiger partial charge in [0.05, 0.1) is 16.7 Å². The fourth-order valence-corrected chi connectivity index (χ4v) is 1.63. The Kier molecular flexibility index (Phi) is 5.61. The van der Waals surface area contributed by atoms with Crippen LogP contribution in [0.2, 0.25) is 0 Å². The summed E-state index contributed by atoms with van der Waals surface area (Å²) in [5, 5.41) is 34.6. The van der Waals surface area contributed by atoms with E-state index in [0.717, 1.165) is 0 Å². The highest BCUT2D eigenvalue weighted by Crippen LogP contribution is 2.17. The lowest BCUT2D eigenvalue weighted by molar-refractivity contribution is -0.384. The van der Waals surface area contributed by atoms with Gasteiger partial charge in [-0.2, -0.15) is 0 Å². The van der Waals surface area contributed by atoms with Gasteiger partial charge in [0.2, 0.25) is 0 Å². The molecule has 0 bridgehead atoms. The lowest BCUT2D eigenvalue weighted by atomic mass is 10.2. The highest BCUT2D eigenvalue weighted by Gasteiger charge is 2.19. The molecule has 0 heterocycles. The van der Waals surface area contributed by atoms with Gasteiger partial charge >= 0.3 is 6.03 Å². The Balaban J connectivity index is 2.72. The summed E-state index contributed by atoms with van der Waals surface area (Å²) in [5.41, 5.74) is 0.367. The van der Waals surface area contributed by atoms with E-state index in [1.54, 1.807) is 13.8 Å². The van der Waals surface area contributed by atoms with Crippen LogP contribution >= 0.6 is 0 Å². The first kappa shape index (κ1) is 16.4. The van der Waals surface area contributed by atoms with E-state index in [9.17, 15) is 20.1 Å². The summed E-state index contributed by atoms with van der Waals surface area (Å²) >= 11 is 0. The number of nitro benzene ring substituents is 1. The molecular formula is C12H16N4O5. The molecule has 2 amide bonds. The molecule has 1 rings (SSSR count). The molecule has 1 aromatic carbocycles. The maximum atomic E-state index is 11.8. The van der Waals surface area contributed by atoms with Gasteiger partial charge in [0.1, 0.15) is 0 Å². The number of nitro groups is 1. The predicted molar refractivity (Wildman–Crippen MR) is 74.7 cm³/mol. The highest BCUT2D eigenvalue weighted by atomic mass is 16.6. The van der Waals surface area contributed by atoms with Crippen molar-refractivity contribution in [2.24, 2.45) is 5.16 Å². The van der Waals surface area contributed by atoms with Crippen molar-refractivity contribution in [2.45, 2.75) is 26.3 Å². The van der Waals surface area contributed by atoms with Crippen LogP contribution in [0.25, 0.3) is 0 Å². The third kappa shape index (κ3) is 4.73. The lowest BCUT2D eigenvalue weighted by Crippen LogP contribution is -2.39. The van der Waals surface area contributed by atoms with Crippen molar-refractivity contribution in [3.05, 3.63) is 34.4 Å². The average Bonchev–Trinajstić information content (AvgIpc) is 2.46. The molecule has 0 aliphatic carbocycles. The minimum atomic E-state index is -0.839. The number of hydrogen-bond acceptors (Lipinski definition) is 6. The van der Waals surface area contributed by atoms with Crippen molar-refractivity contribution in [3.8, 4) is 0 Å². The second-order valence-electron chi connectivity index (χ2n) is 4.47. The van der Waals surface area contributed by atoms with Gasteiger partial charge in [-0.25, -0.2) is 9.86 Å². The molecule has 0 aliphatic rings. The molecule has 0 aromatic heterocycles. The van der Waals surface area contributed by atoms with E-state index in [2.05, 4.69) is 10.5 Å². The van der Waals surface area contributed by atoms with Crippen molar-refractivity contribution in [1.82, 2.24) is 5.06 Å². The number of hydrogen-bond donors (Lipinski definition) is 3. The zero-order valence-corrected chi connectivity index (χ0v) is 11.6. The van der Waals surface area contributed by atoms with E-state index in [1.807, 2.05) is 0 Å². The second kappa shape index (κ2) is 7.20. The number of nitrogens with zero attached hydrogens (tertiary/aromatic N) is 3. The molecule has 9 heteroatoms. The number of urea groups is 1. The molecule has 0 aliphatic heterocycles. The van der Waals surface area contributed by atoms with E-state index in [-0.39, 0.29) is 17.8 Å². The molecular weight excluding hydrogens is 280 g/mol. The molecule has 3 N–H and O–H groups in total. The monoisotopic (exact) mass is 296 g/mol. The average molecular weight is 296 g/mol. The maximum Gasteiger partial charge on any atom is 0.345 e. The Morgan fingerprint density at radius 1 is 1.57 bits per heavy atom. The molecule has 0 spiro atoms. The Morgan fingerprint density at radius 2 is 2.24 bits per heavy atom. The largest absolute Gasteiger partial charge is 0.411 e. The summed E-state index contributed by atoms with van der Waals surface area (Å²) in [7, 11) is 0. The van der Waals surface area contributed by atoms with Crippen molar-refractivity contribution in [3.63, 3.8) is 0 Å².